The van der Waals surface area contributed by atoms with Gasteiger partial charge in [-0.25, -0.2) is 9.78 Å². The molecule has 0 fully saturated rings. The van der Waals surface area contributed by atoms with E-state index in [1.807, 2.05) is 6.92 Å². The number of aromatic nitrogens is 1. The molecule has 1 heterocycles. The maximum atomic E-state index is 11.9. The monoisotopic (exact) mass is 296 g/mol. The molecule has 20 heavy (non-hydrogen) atoms. The van der Waals surface area contributed by atoms with Crippen molar-refractivity contribution in [3.8, 4) is 0 Å². The van der Waals surface area contributed by atoms with E-state index in [-0.39, 0.29) is 16.7 Å². The highest BCUT2D eigenvalue weighted by atomic mass is 32.2. The second-order valence-electron chi connectivity index (χ2n) is 4.92. The average molecular weight is 296 g/mol. The Hall–Kier alpha value is -1.56. The lowest BCUT2D eigenvalue weighted by atomic mass is 10.1. The Morgan fingerprint density at radius 1 is 1.35 bits per heavy atom. The number of amides is 1. The predicted molar refractivity (Wildman–Crippen MR) is 79.0 cm³/mol. The molecule has 0 aliphatic carbocycles. The van der Waals surface area contributed by atoms with Gasteiger partial charge >= 0.3 is 5.97 Å². The van der Waals surface area contributed by atoms with Crippen molar-refractivity contribution >= 4 is 23.6 Å². The molecular weight excluding hydrogens is 276 g/mol. The molecule has 1 aromatic rings. The number of hydrogen-bond acceptors (Lipinski definition) is 4. The zero-order valence-corrected chi connectivity index (χ0v) is 12.7. The summed E-state index contributed by atoms with van der Waals surface area (Å²) in [7, 11) is 0. The number of carbonyl (C=O) groups is 2. The van der Waals surface area contributed by atoms with Gasteiger partial charge in [-0.1, -0.05) is 25.6 Å². The highest BCUT2D eigenvalue weighted by Gasteiger charge is 2.15. The summed E-state index contributed by atoms with van der Waals surface area (Å²) in [4.78, 5) is 26.6. The first kappa shape index (κ1) is 16.5. The normalized spacial score (nSPS) is 12.2. The number of aromatic carboxylic acids is 1. The van der Waals surface area contributed by atoms with Crippen LogP contribution < -0.4 is 5.32 Å². The van der Waals surface area contributed by atoms with Crippen molar-refractivity contribution < 1.29 is 14.7 Å². The predicted octanol–water partition coefficient (Wildman–Crippen LogP) is 2.42. The Bertz CT molecular complexity index is 460. The third kappa shape index (κ3) is 5.61. The van der Waals surface area contributed by atoms with Crippen molar-refractivity contribution in [1.82, 2.24) is 10.3 Å². The third-order valence-corrected chi connectivity index (χ3v) is 3.72. The van der Waals surface area contributed by atoms with E-state index in [1.165, 1.54) is 24.0 Å². The van der Waals surface area contributed by atoms with E-state index in [9.17, 15) is 9.59 Å². The quantitative estimate of drug-likeness (QED) is 0.755. The molecule has 0 radical (unpaired) electrons. The molecule has 1 amide bonds. The molecule has 110 valence electrons. The molecule has 0 spiro atoms. The maximum absolute atomic E-state index is 11.9. The smallest absolute Gasteiger partial charge is 0.337 e. The summed E-state index contributed by atoms with van der Waals surface area (Å²) in [6.45, 7) is 6.70. The van der Waals surface area contributed by atoms with E-state index in [4.69, 9.17) is 5.11 Å². The number of pyridine rings is 1. The fourth-order valence-electron chi connectivity index (χ4n) is 1.44. The number of nitrogens with one attached hydrogen (secondary N) is 1. The van der Waals surface area contributed by atoms with Gasteiger partial charge < -0.3 is 10.4 Å². The van der Waals surface area contributed by atoms with Crippen LogP contribution in [0.25, 0.3) is 0 Å². The zero-order valence-electron chi connectivity index (χ0n) is 11.9. The SMILES string of the molecule is CC(C)CCNC(=O)C(C)Sc1ccc(C(=O)O)cn1. The Labute approximate surface area is 123 Å². The van der Waals surface area contributed by atoms with Crippen molar-refractivity contribution in [3.05, 3.63) is 23.9 Å². The third-order valence-electron chi connectivity index (χ3n) is 2.67. The summed E-state index contributed by atoms with van der Waals surface area (Å²) in [6, 6.07) is 3.10. The van der Waals surface area contributed by atoms with Crippen LogP contribution in [0.5, 0.6) is 0 Å². The summed E-state index contributed by atoms with van der Waals surface area (Å²) in [5, 5.41) is 12.0. The zero-order chi connectivity index (χ0) is 15.1. The van der Waals surface area contributed by atoms with Crippen LogP contribution >= 0.6 is 11.8 Å². The minimum atomic E-state index is -1.01. The molecule has 6 heteroatoms. The van der Waals surface area contributed by atoms with Crippen molar-refractivity contribution in [3.63, 3.8) is 0 Å². The lowest BCUT2D eigenvalue weighted by Gasteiger charge is -2.12. The number of hydrogen-bond donors (Lipinski definition) is 2. The second-order valence-corrected chi connectivity index (χ2v) is 6.28. The van der Waals surface area contributed by atoms with Crippen LogP contribution in [0.15, 0.2) is 23.4 Å². The van der Waals surface area contributed by atoms with E-state index >= 15 is 0 Å². The fourth-order valence-corrected chi connectivity index (χ4v) is 2.25. The number of carboxylic acids is 1. The Morgan fingerprint density at radius 2 is 2.05 bits per heavy atom. The summed E-state index contributed by atoms with van der Waals surface area (Å²) in [5.74, 6) is -0.475. The van der Waals surface area contributed by atoms with Gasteiger partial charge in [0.15, 0.2) is 0 Å². The topological polar surface area (TPSA) is 79.3 Å². The first-order chi connectivity index (χ1) is 9.40. The van der Waals surface area contributed by atoms with Crippen LogP contribution in [0.1, 0.15) is 37.6 Å². The van der Waals surface area contributed by atoms with Gasteiger partial charge in [0.1, 0.15) is 0 Å². The van der Waals surface area contributed by atoms with Crippen LogP contribution in [-0.2, 0) is 4.79 Å². The van der Waals surface area contributed by atoms with Crippen LogP contribution in [-0.4, -0.2) is 33.8 Å². The summed E-state index contributed by atoms with van der Waals surface area (Å²) >= 11 is 1.31. The number of thioether (sulfide) groups is 1. The van der Waals surface area contributed by atoms with Crippen molar-refractivity contribution in [1.29, 1.82) is 0 Å². The highest BCUT2D eigenvalue weighted by molar-refractivity contribution is 8.00. The van der Waals surface area contributed by atoms with Gasteiger partial charge in [0.2, 0.25) is 5.91 Å². The van der Waals surface area contributed by atoms with Gasteiger partial charge in [0.25, 0.3) is 0 Å². The van der Waals surface area contributed by atoms with Crippen LogP contribution in [0.4, 0.5) is 0 Å². The molecule has 0 aliphatic heterocycles. The molecule has 0 saturated heterocycles. The maximum Gasteiger partial charge on any atom is 0.337 e. The van der Waals surface area contributed by atoms with E-state index in [0.29, 0.717) is 17.5 Å². The van der Waals surface area contributed by atoms with Gasteiger partial charge in [0, 0.05) is 12.7 Å². The lowest BCUT2D eigenvalue weighted by molar-refractivity contribution is -0.120. The molecule has 2 N–H and O–H groups in total. The molecule has 0 saturated carbocycles. The lowest BCUT2D eigenvalue weighted by Crippen LogP contribution is -2.32. The average Bonchev–Trinajstić information content (AvgIpc) is 2.38. The minimum Gasteiger partial charge on any atom is -0.478 e. The Morgan fingerprint density at radius 3 is 2.55 bits per heavy atom. The molecule has 1 rings (SSSR count). The Balaban J connectivity index is 2.46. The number of carbonyl (C=O) groups excluding carboxylic acids is 1. The van der Waals surface area contributed by atoms with Gasteiger partial charge in [-0.2, -0.15) is 0 Å². The summed E-state index contributed by atoms with van der Waals surface area (Å²) in [5.41, 5.74) is 0.142. The molecule has 1 unspecified atom stereocenters. The van der Waals surface area contributed by atoms with E-state index in [1.54, 1.807) is 6.07 Å². The van der Waals surface area contributed by atoms with Gasteiger partial charge in [-0.3, -0.25) is 4.79 Å². The van der Waals surface area contributed by atoms with Crippen molar-refractivity contribution in [2.45, 2.75) is 37.5 Å². The van der Waals surface area contributed by atoms with Crippen molar-refractivity contribution in [2.75, 3.05) is 6.54 Å². The first-order valence-electron chi connectivity index (χ1n) is 6.54. The van der Waals surface area contributed by atoms with E-state index < -0.39 is 5.97 Å². The highest BCUT2D eigenvalue weighted by Crippen LogP contribution is 2.21. The number of rotatable bonds is 7. The van der Waals surface area contributed by atoms with Crippen LogP contribution in [0.3, 0.4) is 0 Å². The van der Waals surface area contributed by atoms with Gasteiger partial charge in [0.05, 0.1) is 15.8 Å². The molecule has 0 aromatic carbocycles. The molecule has 0 bridgehead atoms. The molecule has 0 aliphatic rings. The minimum absolute atomic E-state index is 0.0280. The van der Waals surface area contributed by atoms with Crippen molar-refractivity contribution in [2.24, 2.45) is 5.92 Å². The summed E-state index contributed by atoms with van der Waals surface area (Å²) < 4.78 is 0. The largest absolute Gasteiger partial charge is 0.478 e. The Kier molecular flexibility index (Phi) is 6.51. The first-order valence-corrected chi connectivity index (χ1v) is 7.42. The van der Waals surface area contributed by atoms with E-state index in [0.717, 1.165) is 6.42 Å². The number of nitrogens with zero attached hydrogens (tertiary/aromatic N) is 1. The molecule has 1 atom stereocenters. The molecule has 1 aromatic heterocycles. The van der Waals surface area contributed by atoms with Gasteiger partial charge in [-0.05, 0) is 31.4 Å². The van der Waals surface area contributed by atoms with Crippen LogP contribution in [0.2, 0.25) is 0 Å². The fraction of sp³-hybridized carbons (Fsp3) is 0.500. The molecular formula is C14H20N2O3S. The van der Waals surface area contributed by atoms with Gasteiger partial charge in [-0.15, -0.1) is 0 Å². The van der Waals surface area contributed by atoms with E-state index in [2.05, 4.69) is 24.1 Å². The number of carboxylic acid groups (broad SMARTS) is 1. The second kappa shape index (κ2) is 7.89. The summed E-state index contributed by atoms with van der Waals surface area (Å²) in [6.07, 6.45) is 2.25. The van der Waals surface area contributed by atoms with Crippen LogP contribution in [0, 0.1) is 5.92 Å². The standard InChI is InChI=1S/C14H20N2O3S/c1-9(2)6-7-15-13(17)10(3)20-12-5-4-11(8-16-12)14(18)19/h4-5,8-10H,6-7H2,1-3H3,(H,15,17)(H,18,19). The molecule has 5 nitrogen and oxygen atoms in total.